The summed E-state index contributed by atoms with van der Waals surface area (Å²) >= 11 is 1.60. The molecule has 3 rings (SSSR count). The van der Waals surface area contributed by atoms with Gasteiger partial charge in [-0.3, -0.25) is 9.59 Å². The standard InChI is InChI=1S/C17H18N2O3S/c20-16(18-11-14-6-3-9-23-14)12-4-1-5-13(10-12)19-17(21)15-7-2-8-22-15/h1,3-6,9-10,15H,2,7-8,11H2,(H,18,20)(H,19,21). The molecule has 2 heterocycles. The summed E-state index contributed by atoms with van der Waals surface area (Å²) in [4.78, 5) is 25.3. The lowest BCUT2D eigenvalue weighted by atomic mass is 10.1. The molecule has 0 saturated carbocycles. The van der Waals surface area contributed by atoms with E-state index in [-0.39, 0.29) is 17.9 Å². The van der Waals surface area contributed by atoms with Crippen LogP contribution >= 0.6 is 11.3 Å². The number of carbonyl (C=O) groups excluding carboxylic acids is 2. The van der Waals surface area contributed by atoms with Crippen molar-refractivity contribution in [3.8, 4) is 0 Å². The maximum Gasteiger partial charge on any atom is 0.253 e. The van der Waals surface area contributed by atoms with Crippen LogP contribution in [0.2, 0.25) is 0 Å². The lowest BCUT2D eigenvalue weighted by molar-refractivity contribution is -0.124. The van der Waals surface area contributed by atoms with E-state index in [4.69, 9.17) is 4.74 Å². The molecule has 6 heteroatoms. The molecule has 1 unspecified atom stereocenters. The first-order chi connectivity index (χ1) is 11.2. The fourth-order valence-electron chi connectivity index (χ4n) is 2.43. The quantitative estimate of drug-likeness (QED) is 0.886. The number of amides is 2. The second kappa shape index (κ2) is 7.39. The molecule has 2 aromatic rings. The van der Waals surface area contributed by atoms with Crippen molar-refractivity contribution in [1.29, 1.82) is 0 Å². The smallest absolute Gasteiger partial charge is 0.253 e. The first-order valence-electron chi connectivity index (χ1n) is 7.55. The van der Waals surface area contributed by atoms with E-state index in [0.29, 0.717) is 24.4 Å². The van der Waals surface area contributed by atoms with Gasteiger partial charge in [-0.25, -0.2) is 0 Å². The van der Waals surface area contributed by atoms with Crippen molar-refractivity contribution in [3.05, 3.63) is 52.2 Å². The Morgan fingerprint density at radius 1 is 1.26 bits per heavy atom. The van der Waals surface area contributed by atoms with Gasteiger partial charge in [-0.2, -0.15) is 0 Å². The van der Waals surface area contributed by atoms with Crippen LogP contribution in [0.3, 0.4) is 0 Å². The van der Waals surface area contributed by atoms with Crippen LogP contribution in [-0.2, 0) is 16.1 Å². The van der Waals surface area contributed by atoms with Gasteiger partial charge in [0.2, 0.25) is 0 Å². The van der Waals surface area contributed by atoms with Gasteiger partial charge in [-0.05, 0) is 42.5 Å². The molecule has 0 aliphatic carbocycles. The number of hydrogen-bond acceptors (Lipinski definition) is 4. The van der Waals surface area contributed by atoms with E-state index in [1.165, 1.54) is 0 Å². The highest BCUT2D eigenvalue weighted by molar-refractivity contribution is 7.09. The minimum absolute atomic E-state index is 0.154. The molecular formula is C17H18N2O3S. The SMILES string of the molecule is O=C(NCc1cccs1)c1cccc(NC(=O)C2CCCO2)c1. The van der Waals surface area contributed by atoms with Gasteiger partial charge < -0.3 is 15.4 Å². The summed E-state index contributed by atoms with van der Waals surface area (Å²) in [6.07, 6.45) is 1.27. The molecular weight excluding hydrogens is 312 g/mol. The van der Waals surface area contributed by atoms with E-state index in [1.54, 1.807) is 35.6 Å². The Bertz CT molecular complexity index is 679. The van der Waals surface area contributed by atoms with Crippen molar-refractivity contribution in [2.24, 2.45) is 0 Å². The van der Waals surface area contributed by atoms with Crippen molar-refractivity contribution in [2.75, 3.05) is 11.9 Å². The lowest BCUT2D eigenvalue weighted by Crippen LogP contribution is -2.27. The molecule has 1 aliphatic heterocycles. The molecule has 0 spiro atoms. The Kier molecular flexibility index (Phi) is 5.05. The van der Waals surface area contributed by atoms with E-state index in [2.05, 4.69) is 10.6 Å². The van der Waals surface area contributed by atoms with Gasteiger partial charge in [0.15, 0.2) is 0 Å². The molecule has 1 aromatic heterocycles. The third-order valence-electron chi connectivity index (χ3n) is 3.62. The average molecular weight is 330 g/mol. The molecule has 1 aliphatic rings. The van der Waals surface area contributed by atoms with Crippen LogP contribution in [0.1, 0.15) is 28.1 Å². The maximum atomic E-state index is 12.2. The normalized spacial score (nSPS) is 17.0. The van der Waals surface area contributed by atoms with Gasteiger partial charge in [0.05, 0.1) is 6.54 Å². The van der Waals surface area contributed by atoms with Crippen molar-refractivity contribution in [1.82, 2.24) is 5.32 Å². The number of benzene rings is 1. The first-order valence-corrected chi connectivity index (χ1v) is 8.43. The molecule has 1 saturated heterocycles. The van der Waals surface area contributed by atoms with Gasteiger partial charge in [0, 0.05) is 22.7 Å². The van der Waals surface area contributed by atoms with Crippen LogP contribution in [-0.4, -0.2) is 24.5 Å². The molecule has 1 aromatic carbocycles. The Hall–Kier alpha value is -2.18. The van der Waals surface area contributed by atoms with Crippen molar-refractivity contribution in [3.63, 3.8) is 0 Å². The van der Waals surface area contributed by atoms with Gasteiger partial charge in [0.1, 0.15) is 6.10 Å². The number of thiophene rings is 1. The molecule has 1 atom stereocenters. The van der Waals surface area contributed by atoms with E-state index < -0.39 is 0 Å². The Labute approximate surface area is 138 Å². The molecule has 0 bridgehead atoms. The largest absolute Gasteiger partial charge is 0.368 e. The number of nitrogens with one attached hydrogen (secondary N) is 2. The monoisotopic (exact) mass is 330 g/mol. The summed E-state index contributed by atoms with van der Waals surface area (Å²) < 4.78 is 5.35. The van der Waals surface area contributed by atoms with Crippen LogP contribution < -0.4 is 10.6 Å². The molecule has 1 fully saturated rings. The molecule has 120 valence electrons. The Morgan fingerprint density at radius 3 is 2.91 bits per heavy atom. The van der Waals surface area contributed by atoms with E-state index in [0.717, 1.165) is 17.7 Å². The van der Waals surface area contributed by atoms with Gasteiger partial charge >= 0.3 is 0 Å². The van der Waals surface area contributed by atoms with Gasteiger partial charge in [-0.1, -0.05) is 12.1 Å². The molecule has 0 radical (unpaired) electrons. The van der Waals surface area contributed by atoms with Crippen LogP contribution in [0, 0.1) is 0 Å². The highest BCUT2D eigenvalue weighted by Crippen LogP contribution is 2.16. The highest BCUT2D eigenvalue weighted by Gasteiger charge is 2.23. The van der Waals surface area contributed by atoms with Crippen molar-refractivity contribution >= 4 is 28.8 Å². The summed E-state index contributed by atoms with van der Waals surface area (Å²) in [5.74, 6) is -0.315. The Morgan fingerprint density at radius 2 is 2.17 bits per heavy atom. The zero-order valence-electron chi connectivity index (χ0n) is 12.6. The summed E-state index contributed by atoms with van der Waals surface area (Å²) in [5, 5.41) is 7.65. The third-order valence-corrected chi connectivity index (χ3v) is 4.49. The zero-order chi connectivity index (χ0) is 16.1. The minimum atomic E-state index is -0.383. The number of hydrogen-bond donors (Lipinski definition) is 2. The van der Waals surface area contributed by atoms with Gasteiger partial charge in [-0.15, -0.1) is 11.3 Å². The van der Waals surface area contributed by atoms with Crippen LogP contribution in [0.5, 0.6) is 0 Å². The summed E-state index contributed by atoms with van der Waals surface area (Å²) in [6.45, 7) is 1.13. The lowest BCUT2D eigenvalue weighted by Gasteiger charge is -2.11. The molecule has 5 nitrogen and oxygen atoms in total. The third kappa shape index (κ3) is 4.18. The maximum absolute atomic E-state index is 12.2. The highest BCUT2D eigenvalue weighted by atomic mass is 32.1. The number of rotatable bonds is 5. The molecule has 23 heavy (non-hydrogen) atoms. The molecule has 2 amide bonds. The number of anilines is 1. The topological polar surface area (TPSA) is 67.4 Å². The zero-order valence-corrected chi connectivity index (χ0v) is 13.4. The van der Waals surface area contributed by atoms with Gasteiger partial charge in [0.25, 0.3) is 11.8 Å². The summed E-state index contributed by atoms with van der Waals surface area (Å²) in [7, 11) is 0. The number of ether oxygens (including phenoxy) is 1. The number of carbonyl (C=O) groups is 2. The average Bonchev–Trinajstić information content (AvgIpc) is 3.26. The predicted molar refractivity (Wildman–Crippen MR) is 89.5 cm³/mol. The first kappa shape index (κ1) is 15.7. The fourth-order valence-corrected chi connectivity index (χ4v) is 3.07. The van der Waals surface area contributed by atoms with Crippen LogP contribution in [0.15, 0.2) is 41.8 Å². The second-order valence-electron chi connectivity index (χ2n) is 5.33. The predicted octanol–water partition coefficient (Wildman–Crippen LogP) is 2.80. The molecule has 2 N–H and O–H groups in total. The van der Waals surface area contributed by atoms with E-state index in [9.17, 15) is 9.59 Å². The minimum Gasteiger partial charge on any atom is -0.368 e. The fraction of sp³-hybridized carbons (Fsp3) is 0.294. The van der Waals surface area contributed by atoms with Crippen LogP contribution in [0.4, 0.5) is 5.69 Å². The summed E-state index contributed by atoms with van der Waals surface area (Å²) in [5.41, 5.74) is 1.13. The van der Waals surface area contributed by atoms with Crippen molar-refractivity contribution in [2.45, 2.75) is 25.5 Å². The van der Waals surface area contributed by atoms with Crippen LogP contribution in [0.25, 0.3) is 0 Å². The van der Waals surface area contributed by atoms with E-state index >= 15 is 0 Å². The Balaban J connectivity index is 1.59. The van der Waals surface area contributed by atoms with Crippen molar-refractivity contribution < 1.29 is 14.3 Å². The van der Waals surface area contributed by atoms with E-state index in [1.807, 2.05) is 17.5 Å². The second-order valence-corrected chi connectivity index (χ2v) is 6.37. The summed E-state index contributed by atoms with van der Waals surface area (Å²) in [6, 6.07) is 10.9.